The smallest absolute Gasteiger partial charge is 0.0612 e. The molecule has 1 saturated carbocycles. The van der Waals surface area contributed by atoms with E-state index in [0.29, 0.717) is 11.6 Å². The number of aromatic nitrogens is 1. The monoisotopic (exact) mass is 388 g/mol. The Morgan fingerprint density at radius 1 is 0.933 bits per heavy atom. The van der Waals surface area contributed by atoms with Crippen molar-refractivity contribution < 1.29 is 0 Å². The Hall–Kier alpha value is -3.39. The highest BCUT2D eigenvalue weighted by Gasteiger charge is 2.47. The fourth-order valence-corrected chi connectivity index (χ4v) is 5.11. The molecule has 2 aliphatic rings. The maximum atomic E-state index is 8.83. The highest BCUT2D eigenvalue weighted by molar-refractivity contribution is 6.15. The molecule has 2 nitrogen and oxygen atoms in total. The van der Waals surface area contributed by atoms with Crippen molar-refractivity contribution in [2.24, 2.45) is 5.92 Å². The van der Waals surface area contributed by atoms with E-state index in [4.69, 9.17) is 5.41 Å². The molecule has 0 radical (unpaired) electrons. The van der Waals surface area contributed by atoms with E-state index in [9.17, 15) is 0 Å². The molecule has 30 heavy (non-hydrogen) atoms. The van der Waals surface area contributed by atoms with E-state index in [0.717, 1.165) is 12.0 Å². The van der Waals surface area contributed by atoms with Gasteiger partial charge in [-0.1, -0.05) is 68.0 Å². The number of allylic oxidation sites excluding steroid dienone is 4. The molecule has 4 aromatic rings. The number of hydrogen-bond acceptors (Lipinski definition) is 1. The van der Waals surface area contributed by atoms with Crippen molar-refractivity contribution in [2.75, 3.05) is 0 Å². The van der Waals surface area contributed by atoms with Crippen molar-refractivity contribution in [3.63, 3.8) is 0 Å². The normalized spacial score (nSPS) is 25.6. The number of nitrogens with one attached hydrogen (secondary N) is 1. The van der Waals surface area contributed by atoms with Crippen LogP contribution < -0.4 is 0 Å². The molecular weight excluding hydrogens is 364 g/mol. The highest BCUT2D eigenvalue weighted by Crippen LogP contribution is 2.56. The number of hydrogen-bond donors (Lipinski definition) is 1. The molecule has 0 saturated heterocycles. The summed E-state index contributed by atoms with van der Waals surface area (Å²) in [6, 6.07) is 23.8. The molecule has 146 valence electrons. The Bertz CT molecular complexity index is 1400. The molecule has 0 bridgehead atoms. The quantitative estimate of drug-likeness (QED) is 0.342. The lowest BCUT2D eigenvalue weighted by atomic mass is 9.88. The highest BCUT2D eigenvalue weighted by atomic mass is 15.0. The van der Waals surface area contributed by atoms with Crippen molar-refractivity contribution in [3.05, 3.63) is 102 Å². The van der Waals surface area contributed by atoms with E-state index < -0.39 is 0 Å². The van der Waals surface area contributed by atoms with Gasteiger partial charge in [0, 0.05) is 27.4 Å². The molecular formula is C28H24N2. The lowest BCUT2D eigenvalue weighted by molar-refractivity contribution is 0.814. The molecule has 1 heterocycles. The molecule has 2 heteroatoms. The van der Waals surface area contributed by atoms with Gasteiger partial charge in [0.05, 0.1) is 16.7 Å². The van der Waals surface area contributed by atoms with Crippen LogP contribution in [-0.2, 0) is 5.41 Å². The molecule has 0 amide bonds. The SMILES string of the molecule is CC1/C=C\C(=N)c2cc3c4ccccc4n(-c4ccccc4)c3cc2C2(C)C/C2=C\1. The second kappa shape index (κ2) is 6.06. The van der Waals surface area contributed by atoms with Gasteiger partial charge in [0.2, 0.25) is 0 Å². The van der Waals surface area contributed by atoms with Gasteiger partial charge < -0.3 is 9.98 Å². The van der Waals surface area contributed by atoms with Crippen molar-refractivity contribution in [3.8, 4) is 5.69 Å². The van der Waals surface area contributed by atoms with Gasteiger partial charge in [-0.3, -0.25) is 0 Å². The van der Waals surface area contributed by atoms with Crippen LogP contribution in [0.2, 0.25) is 0 Å². The number of rotatable bonds is 1. The average Bonchev–Trinajstić information content (AvgIpc) is 3.29. The fourth-order valence-electron chi connectivity index (χ4n) is 5.11. The summed E-state index contributed by atoms with van der Waals surface area (Å²) < 4.78 is 2.37. The topological polar surface area (TPSA) is 28.8 Å². The molecule has 3 aromatic carbocycles. The molecule has 2 atom stereocenters. The van der Waals surface area contributed by atoms with E-state index in [1.165, 1.54) is 38.6 Å². The minimum Gasteiger partial charge on any atom is -0.309 e. The Morgan fingerprint density at radius 3 is 2.53 bits per heavy atom. The van der Waals surface area contributed by atoms with Crippen LogP contribution >= 0.6 is 0 Å². The summed E-state index contributed by atoms with van der Waals surface area (Å²) in [6.07, 6.45) is 7.61. The van der Waals surface area contributed by atoms with Gasteiger partial charge in [0.25, 0.3) is 0 Å². The second-order valence-corrected chi connectivity index (χ2v) is 8.94. The minimum atomic E-state index is 0.0358. The summed E-state index contributed by atoms with van der Waals surface area (Å²) in [5, 5.41) is 11.3. The summed E-state index contributed by atoms with van der Waals surface area (Å²) in [4.78, 5) is 0. The lowest BCUT2D eigenvalue weighted by Gasteiger charge is -2.16. The van der Waals surface area contributed by atoms with E-state index >= 15 is 0 Å². The molecule has 2 aliphatic carbocycles. The van der Waals surface area contributed by atoms with Crippen molar-refractivity contribution in [1.82, 2.24) is 4.57 Å². The molecule has 0 spiro atoms. The van der Waals surface area contributed by atoms with Crippen molar-refractivity contribution in [1.29, 1.82) is 5.41 Å². The van der Waals surface area contributed by atoms with Crippen LogP contribution in [0.4, 0.5) is 0 Å². The maximum Gasteiger partial charge on any atom is 0.0612 e. The van der Waals surface area contributed by atoms with Gasteiger partial charge in [-0.15, -0.1) is 0 Å². The first-order valence-electron chi connectivity index (χ1n) is 10.7. The van der Waals surface area contributed by atoms with Gasteiger partial charge in [-0.25, -0.2) is 0 Å². The standard InChI is InChI=1S/C28H24N2/c1-18-12-13-25(29)23-15-22-21-10-6-7-11-26(21)30(20-8-4-3-5-9-20)27(22)16-24(23)28(2)17-19(28)14-18/h3-16,18,29H,17H2,1-2H3/b13-12-,19-14+,29-25?. The molecule has 0 aliphatic heterocycles. The number of benzene rings is 3. The van der Waals surface area contributed by atoms with Gasteiger partial charge in [0.15, 0.2) is 0 Å². The van der Waals surface area contributed by atoms with Crippen LogP contribution in [0.5, 0.6) is 0 Å². The van der Waals surface area contributed by atoms with Gasteiger partial charge in [-0.2, -0.15) is 0 Å². The number of nitrogens with zero attached hydrogens (tertiary/aromatic N) is 1. The van der Waals surface area contributed by atoms with Gasteiger partial charge >= 0.3 is 0 Å². The molecule has 6 rings (SSSR count). The first kappa shape index (κ1) is 17.5. The van der Waals surface area contributed by atoms with Crippen molar-refractivity contribution >= 4 is 27.5 Å². The Labute approximate surface area is 176 Å². The zero-order chi connectivity index (χ0) is 20.5. The van der Waals surface area contributed by atoms with Crippen LogP contribution in [0.1, 0.15) is 31.4 Å². The molecule has 1 N–H and O–H groups in total. The summed E-state index contributed by atoms with van der Waals surface area (Å²) >= 11 is 0. The van der Waals surface area contributed by atoms with E-state index in [-0.39, 0.29) is 5.41 Å². The van der Waals surface area contributed by atoms with Crippen LogP contribution in [0.15, 0.2) is 90.5 Å². The fraction of sp³-hybridized carbons (Fsp3) is 0.179. The van der Waals surface area contributed by atoms with E-state index in [1.807, 2.05) is 6.08 Å². The lowest BCUT2D eigenvalue weighted by Crippen LogP contribution is -2.10. The first-order valence-corrected chi connectivity index (χ1v) is 10.7. The summed E-state index contributed by atoms with van der Waals surface area (Å²) in [5.74, 6) is 0.366. The maximum absolute atomic E-state index is 8.83. The van der Waals surface area contributed by atoms with Crippen molar-refractivity contribution in [2.45, 2.75) is 25.7 Å². The average molecular weight is 389 g/mol. The predicted octanol–water partition coefficient (Wildman–Crippen LogP) is 6.95. The zero-order valence-electron chi connectivity index (χ0n) is 17.3. The summed E-state index contributed by atoms with van der Waals surface area (Å²) in [6.45, 7) is 4.54. The van der Waals surface area contributed by atoms with E-state index in [1.54, 1.807) is 0 Å². The van der Waals surface area contributed by atoms with Gasteiger partial charge in [-0.05, 0) is 54.3 Å². The van der Waals surface area contributed by atoms with Crippen LogP contribution in [-0.4, -0.2) is 10.3 Å². The third-order valence-electron chi connectivity index (χ3n) is 6.87. The Kier molecular flexibility index (Phi) is 3.53. The summed E-state index contributed by atoms with van der Waals surface area (Å²) in [5.41, 5.74) is 8.09. The molecule has 1 aromatic heterocycles. The zero-order valence-corrected chi connectivity index (χ0v) is 17.3. The Balaban J connectivity index is 1.74. The van der Waals surface area contributed by atoms with E-state index in [2.05, 4.69) is 97.3 Å². The number of para-hydroxylation sites is 2. The second-order valence-electron chi connectivity index (χ2n) is 8.94. The van der Waals surface area contributed by atoms with Crippen LogP contribution in [0.3, 0.4) is 0 Å². The third-order valence-corrected chi connectivity index (χ3v) is 6.87. The molecule has 2 unspecified atom stereocenters. The van der Waals surface area contributed by atoms with Gasteiger partial charge in [0.1, 0.15) is 0 Å². The summed E-state index contributed by atoms with van der Waals surface area (Å²) in [7, 11) is 0. The largest absolute Gasteiger partial charge is 0.309 e. The third kappa shape index (κ3) is 2.40. The molecule has 1 fully saturated rings. The van der Waals surface area contributed by atoms with Crippen LogP contribution in [0.25, 0.3) is 27.5 Å². The Morgan fingerprint density at radius 2 is 1.70 bits per heavy atom. The minimum absolute atomic E-state index is 0.0358. The van der Waals surface area contributed by atoms with Crippen LogP contribution in [0, 0.1) is 11.3 Å². The first-order chi connectivity index (χ1) is 14.6. The predicted molar refractivity (Wildman–Crippen MR) is 126 cm³/mol. The number of fused-ring (bicyclic) bond motifs is 6.